The Morgan fingerprint density at radius 2 is 1.71 bits per heavy atom. The molecule has 0 spiro atoms. The molecule has 4 nitrogen and oxygen atoms in total. The van der Waals surface area contributed by atoms with E-state index >= 15 is 0 Å². The Labute approximate surface area is 75.5 Å². The van der Waals surface area contributed by atoms with E-state index in [1.165, 1.54) is 0 Å². The maximum atomic E-state index is 12.3. The molecule has 10 heteroatoms. The smallest absolute Gasteiger partial charge is 0.288 e. The Kier molecular flexibility index (Phi) is 5.50. The fourth-order valence-corrected chi connectivity index (χ4v) is 0.921. The molecule has 0 saturated heterocycles. The lowest BCUT2D eigenvalue weighted by molar-refractivity contribution is -0.117. The molecule has 86 valence electrons. The average molecular weight is 244 g/mol. The second kappa shape index (κ2) is 5.59. The molecule has 14 heavy (non-hydrogen) atoms. The zero-order valence-electron chi connectivity index (χ0n) is 6.70. The molecule has 0 aliphatic carbocycles. The minimum absolute atomic E-state index is 0.600. The first kappa shape index (κ1) is 13.8. The van der Waals surface area contributed by atoms with Gasteiger partial charge in [-0.2, -0.15) is 0 Å². The van der Waals surface area contributed by atoms with Crippen LogP contribution >= 0.6 is 7.82 Å². The third-order valence-corrected chi connectivity index (χ3v) is 2.10. The van der Waals surface area contributed by atoms with Gasteiger partial charge in [0, 0.05) is 7.11 Å². The van der Waals surface area contributed by atoms with Crippen LogP contribution in [0.2, 0.25) is 0 Å². The van der Waals surface area contributed by atoms with Gasteiger partial charge in [-0.05, 0) is 4.53 Å². The van der Waals surface area contributed by atoms with E-state index in [1.807, 2.05) is 0 Å². The van der Waals surface area contributed by atoms with Gasteiger partial charge < -0.3 is 0 Å². The van der Waals surface area contributed by atoms with Crippen LogP contribution in [-0.4, -0.2) is 26.1 Å². The highest BCUT2D eigenvalue weighted by Crippen LogP contribution is 2.50. The summed E-state index contributed by atoms with van der Waals surface area (Å²) in [5.74, 6) is 0. The van der Waals surface area contributed by atoms with E-state index in [1.54, 1.807) is 0 Å². The molecule has 0 heterocycles. The van der Waals surface area contributed by atoms with Crippen LogP contribution in [0.1, 0.15) is 0 Å². The molecule has 0 rings (SSSR count). The fourth-order valence-electron chi connectivity index (χ4n) is 0.383. The van der Waals surface area contributed by atoms with Gasteiger partial charge in [0.1, 0.15) is 0 Å². The van der Waals surface area contributed by atoms with Crippen LogP contribution in [0.15, 0.2) is 0 Å². The largest absolute Gasteiger partial charge is 0.508 e. The van der Waals surface area contributed by atoms with Crippen molar-refractivity contribution in [1.82, 2.24) is 0 Å². The summed E-state index contributed by atoms with van der Waals surface area (Å²) in [5, 5.41) is 0. The van der Waals surface area contributed by atoms with E-state index in [4.69, 9.17) is 0 Å². The van der Waals surface area contributed by atoms with Crippen LogP contribution in [0.3, 0.4) is 0 Å². The minimum atomic E-state index is -4.95. The Morgan fingerprint density at radius 3 is 2.00 bits per heavy atom. The molecule has 0 aromatic heterocycles. The molecule has 0 aliphatic rings. The van der Waals surface area contributed by atoms with Gasteiger partial charge in [0.15, 0.2) is 0 Å². The quantitative estimate of drug-likeness (QED) is 0.532. The number of alkyl halides is 4. The fraction of sp³-hybridized carbons (Fsp3) is 1.00. The van der Waals surface area contributed by atoms with Crippen LogP contribution in [-0.2, 0) is 18.3 Å². The van der Waals surface area contributed by atoms with Gasteiger partial charge in [-0.15, -0.1) is 0 Å². The third kappa shape index (κ3) is 3.87. The van der Waals surface area contributed by atoms with Crippen LogP contribution < -0.4 is 0 Å². The summed E-state index contributed by atoms with van der Waals surface area (Å²) in [6.07, 6.45) is -10.4. The molecule has 3 atom stereocenters. The molecule has 0 bridgehead atoms. The molecule has 0 amide bonds. The topological polar surface area (TPSA) is 44.8 Å². The van der Waals surface area contributed by atoms with Crippen molar-refractivity contribution in [3.8, 4) is 0 Å². The van der Waals surface area contributed by atoms with Crippen molar-refractivity contribution in [3.63, 3.8) is 0 Å². The van der Waals surface area contributed by atoms with Gasteiger partial charge >= 0.3 is 7.82 Å². The predicted molar refractivity (Wildman–Crippen MR) is 33.7 cm³/mol. The number of hydrogen-bond donors (Lipinski definition) is 0. The molecule has 0 saturated carbocycles. The Bertz CT molecular complexity index is 206. The second-order valence-corrected chi connectivity index (χ2v) is 3.54. The van der Waals surface area contributed by atoms with Crippen LogP contribution in [0.5, 0.6) is 0 Å². The zero-order chi connectivity index (χ0) is 11.4. The van der Waals surface area contributed by atoms with Crippen molar-refractivity contribution in [1.29, 1.82) is 0 Å². The number of hydrogen-bond acceptors (Lipinski definition) is 4. The molecule has 0 aliphatic heterocycles. The van der Waals surface area contributed by atoms with Crippen molar-refractivity contribution in [2.75, 3.05) is 7.11 Å². The standard InChI is InChI=1S/C4H6F5O4P/c1-11-14(10,13-9)12-4(8)2(5)3(6)7/h2-4H,1H3. The van der Waals surface area contributed by atoms with E-state index in [0.29, 0.717) is 7.11 Å². The van der Waals surface area contributed by atoms with E-state index < -0.39 is 26.8 Å². The number of halogens is 5. The molecule has 3 unspecified atom stereocenters. The summed E-state index contributed by atoms with van der Waals surface area (Å²) in [4.78, 5) is 0. The van der Waals surface area contributed by atoms with Crippen molar-refractivity contribution in [3.05, 3.63) is 0 Å². The summed E-state index contributed by atoms with van der Waals surface area (Å²) in [7, 11) is -4.35. The van der Waals surface area contributed by atoms with E-state index in [-0.39, 0.29) is 0 Å². The Morgan fingerprint density at radius 1 is 1.21 bits per heavy atom. The summed E-state index contributed by atoms with van der Waals surface area (Å²) in [6, 6.07) is 0. The minimum Gasteiger partial charge on any atom is -0.288 e. The van der Waals surface area contributed by atoms with E-state index in [2.05, 4.69) is 13.8 Å². The van der Waals surface area contributed by atoms with Crippen LogP contribution in [0.25, 0.3) is 0 Å². The van der Waals surface area contributed by atoms with Gasteiger partial charge in [0.25, 0.3) is 6.43 Å². The highest BCUT2D eigenvalue weighted by molar-refractivity contribution is 7.48. The lowest BCUT2D eigenvalue weighted by atomic mass is 10.4. The normalized spacial score (nSPS) is 20.5. The third-order valence-electron chi connectivity index (χ3n) is 1.03. The summed E-state index contributed by atoms with van der Waals surface area (Å²) in [5.41, 5.74) is 0. The Hall–Kier alpha value is -0.240. The summed E-state index contributed by atoms with van der Waals surface area (Å²) in [6.45, 7) is 0. The number of rotatable bonds is 6. The maximum absolute atomic E-state index is 12.3. The molecule has 0 radical (unpaired) electrons. The SMILES string of the molecule is COP(=O)(OF)OC(F)C(F)C(F)F. The highest BCUT2D eigenvalue weighted by atomic mass is 31.2. The first-order chi connectivity index (χ1) is 6.36. The Balaban J connectivity index is 4.30. The van der Waals surface area contributed by atoms with Crippen LogP contribution in [0, 0.1) is 0 Å². The van der Waals surface area contributed by atoms with E-state index in [0.717, 1.165) is 0 Å². The van der Waals surface area contributed by atoms with Crippen LogP contribution in [0.4, 0.5) is 22.1 Å². The first-order valence-electron chi connectivity index (χ1n) is 3.07. The highest BCUT2D eigenvalue weighted by Gasteiger charge is 2.39. The molecular weight excluding hydrogens is 238 g/mol. The van der Waals surface area contributed by atoms with Gasteiger partial charge in [-0.3, -0.25) is 4.52 Å². The van der Waals surface area contributed by atoms with Crippen molar-refractivity contribution < 1.29 is 40.4 Å². The second-order valence-electron chi connectivity index (χ2n) is 1.93. The monoisotopic (exact) mass is 244 g/mol. The predicted octanol–water partition coefficient (Wildman–Crippen LogP) is 2.56. The van der Waals surface area contributed by atoms with Gasteiger partial charge in [0.05, 0.1) is 0 Å². The van der Waals surface area contributed by atoms with E-state index in [9.17, 15) is 26.7 Å². The van der Waals surface area contributed by atoms with Crippen molar-refractivity contribution >= 4 is 7.82 Å². The summed E-state index contributed by atoms with van der Waals surface area (Å²) < 4.78 is 79.0. The summed E-state index contributed by atoms with van der Waals surface area (Å²) >= 11 is 0. The molecule has 0 aromatic carbocycles. The molecule has 0 N–H and O–H groups in total. The molecule has 0 aromatic rings. The van der Waals surface area contributed by atoms with Gasteiger partial charge in [-0.1, -0.05) is 4.73 Å². The first-order valence-corrected chi connectivity index (χ1v) is 4.53. The molecular formula is C4H6F5O4P. The maximum Gasteiger partial charge on any atom is 0.508 e. The van der Waals surface area contributed by atoms with Crippen molar-refractivity contribution in [2.45, 2.75) is 19.0 Å². The average Bonchev–Trinajstić information content (AvgIpc) is 2.16. The van der Waals surface area contributed by atoms with Crippen molar-refractivity contribution in [2.24, 2.45) is 0 Å². The number of phosphoric acid groups is 1. The number of phosphoric ester groups is 1. The van der Waals surface area contributed by atoms with Gasteiger partial charge in [-0.25, -0.2) is 26.7 Å². The lowest BCUT2D eigenvalue weighted by Crippen LogP contribution is -2.27. The zero-order valence-corrected chi connectivity index (χ0v) is 7.60. The molecule has 0 fully saturated rings. The van der Waals surface area contributed by atoms with Gasteiger partial charge in [0.2, 0.25) is 12.5 Å². The lowest BCUT2D eigenvalue weighted by Gasteiger charge is -2.16.